The molecule has 1 N–H and O–H groups in total. The Kier molecular flexibility index (Phi) is 35.9. The van der Waals surface area contributed by atoms with E-state index in [0.29, 0.717) is 13.1 Å². The van der Waals surface area contributed by atoms with E-state index in [1.54, 1.807) is 11.9 Å². The van der Waals surface area contributed by atoms with Crippen molar-refractivity contribution in [3.8, 4) is 0 Å². The van der Waals surface area contributed by atoms with Gasteiger partial charge in [0, 0.05) is 13.1 Å². The molecule has 0 aromatic rings. The van der Waals surface area contributed by atoms with E-state index < -0.39 is 13.9 Å². The van der Waals surface area contributed by atoms with Crippen LogP contribution in [0, 0.1) is 0 Å². The maximum absolute atomic E-state index is 10.4. The predicted octanol–water partition coefficient (Wildman–Crippen LogP) is -1.22. The van der Waals surface area contributed by atoms with Gasteiger partial charge in [-0.1, -0.05) is 110 Å². The molecule has 0 heterocycles. The van der Waals surface area contributed by atoms with Crippen molar-refractivity contribution in [1.29, 1.82) is 0 Å². The Morgan fingerprint density at radius 3 is 1.53 bits per heavy atom. The second-order valence-electron chi connectivity index (χ2n) is 8.79. The molecule has 0 saturated carbocycles. The number of hydrogen-bond donors (Lipinski definition) is 1. The van der Waals surface area contributed by atoms with Gasteiger partial charge in [0.25, 0.3) is 0 Å². The van der Waals surface area contributed by atoms with Crippen LogP contribution in [-0.2, 0) is 9.09 Å². The molecule has 0 amide bonds. The first kappa shape index (κ1) is 39.8. The van der Waals surface area contributed by atoms with Crippen LogP contribution in [0.25, 0.3) is 0 Å². The van der Waals surface area contributed by atoms with E-state index in [2.05, 4.69) is 11.4 Å². The van der Waals surface area contributed by atoms with Gasteiger partial charge < -0.3 is 28.9 Å². The van der Waals surface area contributed by atoms with Gasteiger partial charge in [-0.25, -0.2) is 0 Å². The molecule has 0 aromatic heterocycles. The molecule has 0 rings (SSSR count). The maximum Gasteiger partial charge on any atom is 1.00 e. The minimum Gasteiger partial charge on any atom is -0.790 e. The number of likely N-dealkylation sites (N-methyl/N-ethyl adjacent to an activating group) is 1. The molecule has 1 atom stereocenters. The summed E-state index contributed by atoms with van der Waals surface area (Å²) >= 11 is 0. The molecule has 0 aliphatic carbocycles. The standard InChI is InChI=1S/C23H50NO5P.2K/c1-3-4-5-6-7-8-9-10-11-12-13-14-15-16-17-18-19-23(25)22-24(2)20-21-29-30(26,27)28;;/h23,25H,3-22H2,1-2H3,(H2,26,27,28);;/q;2*+1/p-2. The maximum atomic E-state index is 10.4. The molecule has 0 radical (unpaired) electrons. The van der Waals surface area contributed by atoms with Gasteiger partial charge >= 0.3 is 103 Å². The molecule has 6 nitrogen and oxygen atoms in total. The molecule has 1 unspecified atom stereocenters. The second-order valence-corrected chi connectivity index (χ2v) is 9.94. The number of phosphoric acid groups is 1. The summed E-state index contributed by atoms with van der Waals surface area (Å²) in [6.45, 7) is 2.88. The number of aliphatic hydroxyl groups excluding tert-OH is 1. The molecule has 182 valence electrons. The first-order valence-corrected chi connectivity index (χ1v) is 13.8. The predicted molar refractivity (Wildman–Crippen MR) is 121 cm³/mol. The van der Waals surface area contributed by atoms with Crippen LogP contribution in [0.4, 0.5) is 0 Å². The van der Waals surface area contributed by atoms with Gasteiger partial charge in [0.05, 0.1) is 20.5 Å². The molecular weight excluding hydrogens is 479 g/mol. The van der Waals surface area contributed by atoms with Gasteiger partial charge in [0.2, 0.25) is 0 Å². The van der Waals surface area contributed by atoms with Gasteiger partial charge in [0.1, 0.15) is 0 Å². The number of unbranched alkanes of at least 4 members (excludes halogenated alkanes) is 15. The summed E-state index contributed by atoms with van der Waals surface area (Å²) in [5.74, 6) is 0. The minimum atomic E-state index is -4.89. The third-order valence-corrected chi connectivity index (χ3v) is 6.13. The SMILES string of the molecule is CCCCCCCCCCCCCCCCCCC(O)CN(C)CCOP(=O)([O-])[O-].[K+].[K+]. The molecule has 0 aliphatic heterocycles. The zero-order valence-corrected chi connectivity index (χ0v) is 28.8. The average molecular weight is 528 g/mol. The molecule has 0 spiro atoms. The summed E-state index contributed by atoms with van der Waals surface area (Å²) in [5.41, 5.74) is 0. The van der Waals surface area contributed by atoms with Crippen molar-refractivity contribution in [3.05, 3.63) is 0 Å². The van der Waals surface area contributed by atoms with Crippen LogP contribution in [0.3, 0.4) is 0 Å². The van der Waals surface area contributed by atoms with Crippen molar-refractivity contribution in [1.82, 2.24) is 4.90 Å². The zero-order chi connectivity index (χ0) is 22.5. The van der Waals surface area contributed by atoms with Crippen molar-refractivity contribution < 1.29 is 127 Å². The molecule has 0 fully saturated rings. The third-order valence-electron chi connectivity index (χ3n) is 5.64. The van der Waals surface area contributed by atoms with Crippen molar-refractivity contribution in [2.75, 3.05) is 26.7 Å². The number of aliphatic hydroxyl groups is 1. The molecule has 9 heteroatoms. The van der Waals surface area contributed by atoms with Crippen molar-refractivity contribution in [2.45, 2.75) is 122 Å². The van der Waals surface area contributed by atoms with E-state index in [1.165, 1.54) is 89.9 Å². The molecule has 0 aromatic carbocycles. The molecule has 0 aliphatic rings. The summed E-state index contributed by atoms with van der Waals surface area (Å²) in [7, 11) is -3.11. The van der Waals surface area contributed by atoms with Crippen LogP contribution in [0.1, 0.15) is 116 Å². The Hall–Kier alpha value is 3.30. The topological polar surface area (TPSA) is 95.9 Å². The molecule has 32 heavy (non-hydrogen) atoms. The normalized spacial score (nSPS) is 12.4. The van der Waals surface area contributed by atoms with Gasteiger partial charge in [0.15, 0.2) is 0 Å². The largest absolute Gasteiger partial charge is 1.00 e. The van der Waals surface area contributed by atoms with Crippen LogP contribution in [-0.4, -0.2) is 42.9 Å². The van der Waals surface area contributed by atoms with E-state index in [-0.39, 0.29) is 109 Å². The van der Waals surface area contributed by atoms with Gasteiger partial charge in [-0.05, 0) is 13.5 Å². The van der Waals surface area contributed by atoms with Crippen LogP contribution in [0.15, 0.2) is 0 Å². The van der Waals surface area contributed by atoms with E-state index in [1.807, 2.05) is 0 Å². The molecule has 0 bridgehead atoms. The monoisotopic (exact) mass is 527 g/mol. The fourth-order valence-electron chi connectivity index (χ4n) is 3.78. The Morgan fingerprint density at radius 1 is 0.781 bits per heavy atom. The summed E-state index contributed by atoms with van der Waals surface area (Å²) in [5, 5.41) is 10.0. The third kappa shape index (κ3) is 33.3. The average Bonchev–Trinajstić information content (AvgIpc) is 2.66. The van der Waals surface area contributed by atoms with E-state index >= 15 is 0 Å². The summed E-state index contributed by atoms with van der Waals surface area (Å²) < 4.78 is 14.6. The minimum absolute atomic E-state index is 0. The first-order valence-electron chi connectivity index (χ1n) is 12.4. The van der Waals surface area contributed by atoms with Crippen molar-refractivity contribution in [2.24, 2.45) is 0 Å². The van der Waals surface area contributed by atoms with Gasteiger partial charge in [-0.15, -0.1) is 0 Å². The smallest absolute Gasteiger partial charge is 0.790 e. The van der Waals surface area contributed by atoms with Gasteiger partial charge in [-0.3, -0.25) is 0 Å². The van der Waals surface area contributed by atoms with Crippen LogP contribution in [0.5, 0.6) is 0 Å². The molecular formula is C23H48K2NO5P. The zero-order valence-electron chi connectivity index (χ0n) is 21.7. The fraction of sp³-hybridized carbons (Fsp3) is 1.00. The fourth-order valence-corrected chi connectivity index (χ4v) is 4.08. The number of nitrogens with zero attached hydrogens (tertiary/aromatic N) is 1. The Morgan fingerprint density at radius 2 is 1.16 bits per heavy atom. The quantitative estimate of drug-likeness (QED) is 0.102. The first-order chi connectivity index (χ1) is 14.3. The second kappa shape index (κ2) is 28.9. The number of hydrogen-bond acceptors (Lipinski definition) is 6. The Balaban J connectivity index is -0.00000420. The Labute approximate surface area is 283 Å². The Bertz CT molecular complexity index is 416. The van der Waals surface area contributed by atoms with Crippen LogP contribution >= 0.6 is 7.82 Å². The van der Waals surface area contributed by atoms with E-state index in [4.69, 9.17) is 0 Å². The summed E-state index contributed by atoms with van der Waals surface area (Å²) in [6, 6.07) is 0. The van der Waals surface area contributed by atoms with Crippen molar-refractivity contribution >= 4 is 7.82 Å². The summed E-state index contributed by atoms with van der Waals surface area (Å²) in [4.78, 5) is 22.6. The van der Waals surface area contributed by atoms with Crippen LogP contribution in [0.2, 0.25) is 0 Å². The number of rotatable bonds is 23. The van der Waals surface area contributed by atoms with Crippen LogP contribution < -0.4 is 113 Å². The van der Waals surface area contributed by atoms with Crippen molar-refractivity contribution in [3.63, 3.8) is 0 Å². The number of phosphoric ester groups is 1. The molecule has 0 saturated heterocycles. The summed E-state index contributed by atoms with van der Waals surface area (Å²) in [6.07, 6.45) is 21.7. The van der Waals surface area contributed by atoms with Gasteiger partial charge in [-0.2, -0.15) is 0 Å². The van der Waals surface area contributed by atoms with E-state index in [0.717, 1.165) is 19.3 Å². The van der Waals surface area contributed by atoms with E-state index in [9.17, 15) is 19.5 Å².